The molecule has 0 atom stereocenters. The van der Waals surface area contributed by atoms with E-state index in [1.54, 1.807) is 6.08 Å². The van der Waals surface area contributed by atoms with Gasteiger partial charge >= 0.3 is 5.97 Å². The number of hydrogen-bond acceptors (Lipinski definition) is 2. The Hall–Kier alpha value is -1.51. The molecule has 0 spiro atoms. The zero-order valence-corrected chi connectivity index (χ0v) is 14.3. The summed E-state index contributed by atoms with van der Waals surface area (Å²) in [5.74, 6) is -0.465. The summed E-state index contributed by atoms with van der Waals surface area (Å²) in [7, 11) is 0. The summed E-state index contributed by atoms with van der Waals surface area (Å²) in [4.78, 5) is 10.7. The van der Waals surface area contributed by atoms with E-state index in [0.717, 1.165) is 11.1 Å². The largest absolute Gasteiger partial charge is 0.512 e. The second kappa shape index (κ2) is 7.48. The summed E-state index contributed by atoms with van der Waals surface area (Å²) in [5, 5.41) is 19.3. The van der Waals surface area contributed by atoms with Crippen molar-refractivity contribution in [3.05, 3.63) is 35.6 Å². The Morgan fingerprint density at radius 2 is 1.57 bits per heavy atom. The molecule has 0 aliphatic rings. The van der Waals surface area contributed by atoms with Crippen molar-refractivity contribution in [3.63, 3.8) is 0 Å². The maximum Gasteiger partial charge on any atom is 0.303 e. The number of carboxylic acids is 1. The summed E-state index contributed by atoms with van der Waals surface area (Å²) in [5.41, 5.74) is 1.46. The van der Waals surface area contributed by atoms with Crippen molar-refractivity contribution in [3.8, 4) is 0 Å². The number of carboxylic acid groups (broad SMARTS) is 1. The van der Waals surface area contributed by atoms with Gasteiger partial charge in [0.15, 0.2) is 0 Å². The summed E-state index contributed by atoms with van der Waals surface area (Å²) >= 11 is 0. The van der Waals surface area contributed by atoms with E-state index in [9.17, 15) is 9.90 Å². The van der Waals surface area contributed by atoms with Crippen molar-refractivity contribution >= 4 is 5.97 Å². The number of hydrogen-bond donors (Lipinski definition) is 2. The molecule has 0 aromatic heterocycles. The third kappa shape index (κ3) is 8.38. The summed E-state index contributed by atoms with van der Waals surface area (Å²) in [6, 6.07) is 0. The third-order valence-electron chi connectivity index (χ3n) is 3.04. The number of rotatable bonds is 6. The minimum atomic E-state index is -0.831. The highest BCUT2D eigenvalue weighted by Crippen LogP contribution is 2.34. The summed E-state index contributed by atoms with van der Waals surface area (Å²) in [6.07, 6.45) is 4.62. The molecule has 21 heavy (non-hydrogen) atoms. The highest BCUT2D eigenvalue weighted by Gasteiger charge is 2.23. The van der Waals surface area contributed by atoms with Crippen molar-refractivity contribution in [1.82, 2.24) is 0 Å². The minimum Gasteiger partial charge on any atom is -0.512 e. The lowest BCUT2D eigenvalue weighted by atomic mass is 9.80. The summed E-state index contributed by atoms with van der Waals surface area (Å²) in [6.45, 7) is 16.1. The number of allylic oxidation sites excluding steroid dienone is 5. The van der Waals surface area contributed by atoms with Crippen molar-refractivity contribution in [2.24, 2.45) is 10.8 Å². The van der Waals surface area contributed by atoms with Crippen LogP contribution < -0.4 is 0 Å². The van der Waals surface area contributed by atoms with Crippen molar-refractivity contribution in [1.29, 1.82) is 0 Å². The van der Waals surface area contributed by atoms with Crippen LogP contribution in [0.3, 0.4) is 0 Å². The highest BCUT2D eigenvalue weighted by atomic mass is 16.4. The van der Waals surface area contributed by atoms with Gasteiger partial charge < -0.3 is 10.2 Å². The Balaban J connectivity index is 5.57. The molecule has 0 fully saturated rings. The first kappa shape index (κ1) is 19.5. The van der Waals surface area contributed by atoms with Gasteiger partial charge in [-0.1, -0.05) is 60.3 Å². The van der Waals surface area contributed by atoms with Gasteiger partial charge in [0, 0.05) is 12.8 Å². The smallest absolute Gasteiger partial charge is 0.303 e. The molecule has 0 heterocycles. The van der Waals surface area contributed by atoms with Crippen molar-refractivity contribution < 1.29 is 15.0 Å². The Morgan fingerprint density at radius 1 is 1.05 bits per heavy atom. The first-order valence-electron chi connectivity index (χ1n) is 7.34. The molecule has 120 valence electrons. The maximum atomic E-state index is 10.7. The molecule has 0 aromatic carbocycles. The predicted molar refractivity (Wildman–Crippen MR) is 88.3 cm³/mol. The predicted octanol–water partition coefficient (Wildman–Crippen LogP) is 5.26. The van der Waals surface area contributed by atoms with E-state index < -0.39 is 5.97 Å². The third-order valence-corrected chi connectivity index (χ3v) is 3.04. The van der Waals surface area contributed by atoms with Gasteiger partial charge in [-0.05, 0) is 28.4 Å². The van der Waals surface area contributed by atoms with Crippen LogP contribution in [0.1, 0.15) is 60.8 Å². The molecule has 0 aliphatic carbocycles. The molecule has 3 heteroatoms. The Labute approximate surface area is 129 Å². The molecule has 0 unspecified atom stereocenters. The van der Waals surface area contributed by atoms with Crippen LogP contribution in [0, 0.1) is 10.8 Å². The minimum absolute atomic E-state index is 0.0101. The second-order valence-corrected chi connectivity index (χ2v) is 7.66. The van der Waals surface area contributed by atoms with E-state index in [1.165, 1.54) is 0 Å². The molecular weight excluding hydrogens is 264 g/mol. The molecule has 0 amide bonds. The normalized spacial score (nSPS) is 14.7. The first-order valence-corrected chi connectivity index (χ1v) is 7.34. The van der Waals surface area contributed by atoms with E-state index in [4.69, 9.17) is 5.11 Å². The monoisotopic (exact) mass is 294 g/mol. The van der Waals surface area contributed by atoms with E-state index in [2.05, 4.69) is 27.4 Å². The van der Waals surface area contributed by atoms with Gasteiger partial charge in [-0.3, -0.25) is 4.79 Å². The van der Waals surface area contributed by atoms with Gasteiger partial charge in [-0.25, -0.2) is 0 Å². The second-order valence-electron chi connectivity index (χ2n) is 7.66. The van der Waals surface area contributed by atoms with Crippen LogP contribution in [-0.2, 0) is 4.79 Å². The van der Waals surface area contributed by atoms with Crippen LogP contribution >= 0.6 is 0 Å². The summed E-state index contributed by atoms with van der Waals surface area (Å²) < 4.78 is 0. The topological polar surface area (TPSA) is 57.5 Å². The molecule has 0 rings (SSSR count). The lowest BCUT2D eigenvalue weighted by Gasteiger charge is -2.26. The van der Waals surface area contributed by atoms with Crippen LogP contribution in [0.5, 0.6) is 0 Å². The zero-order valence-electron chi connectivity index (χ0n) is 14.3. The molecule has 0 saturated carbocycles. The van der Waals surface area contributed by atoms with Gasteiger partial charge in [-0.15, -0.1) is 0 Å². The van der Waals surface area contributed by atoms with Gasteiger partial charge in [0.1, 0.15) is 0 Å². The van der Waals surface area contributed by atoms with Gasteiger partial charge in [0.05, 0.1) is 5.76 Å². The van der Waals surface area contributed by atoms with Gasteiger partial charge in [0.2, 0.25) is 0 Å². The Kier molecular flexibility index (Phi) is 6.95. The average molecular weight is 294 g/mol. The fourth-order valence-corrected chi connectivity index (χ4v) is 2.00. The molecule has 0 aromatic rings. The molecule has 0 saturated heterocycles. The fourth-order valence-electron chi connectivity index (χ4n) is 2.00. The number of aliphatic hydroxyl groups is 1. The SMILES string of the molecule is C=C/C(=C\C(=C(\O)CC(C)(C)C)C(C)(C)C)CCC(=O)O. The van der Waals surface area contributed by atoms with E-state index >= 15 is 0 Å². The molecule has 0 bridgehead atoms. The highest BCUT2D eigenvalue weighted by molar-refractivity contribution is 5.67. The van der Waals surface area contributed by atoms with Crippen LogP contribution in [0.25, 0.3) is 0 Å². The zero-order chi connectivity index (χ0) is 16.8. The average Bonchev–Trinajstić information content (AvgIpc) is 2.24. The van der Waals surface area contributed by atoms with Crippen molar-refractivity contribution in [2.45, 2.75) is 60.8 Å². The standard InChI is InChI=1S/C18H30O3/c1-8-13(9-10-16(20)21)11-14(18(5,6)7)15(19)12-17(2,3)4/h8,11,19H,1,9-10,12H2,2-7H3,(H,20,21)/b13-11+,15-14-. The Bertz CT molecular complexity index is 440. The van der Waals surface area contributed by atoms with Crippen LogP contribution in [0.4, 0.5) is 0 Å². The quantitative estimate of drug-likeness (QED) is 0.519. The van der Waals surface area contributed by atoms with E-state index in [1.807, 2.05) is 26.8 Å². The lowest BCUT2D eigenvalue weighted by molar-refractivity contribution is -0.136. The lowest BCUT2D eigenvalue weighted by Crippen LogP contribution is -2.15. The number of aliphatic carboxylic acids is 1. The molecule has 3 nitrogen and oxygen atoms in total. The molecule has 0 aliphatic heterocycles. The van der Waals surface area contributed by atoms with Crippen LogP contribution in [-0.4, -0.2) is 16.2 Å². The first-order chi connectivity index (χ1) is 9.36. The number of carbonyl (C=O) groups is 1. The fraction of sp³-hybridized carbons (Fsp3) is 0.611. The van der Waals surface area contributed by atoms with E-state index in [0.29, 0.717) is 18.6 Å². The van der Waals surface area contributed by atoms with Crippen LogP contribution in [0.15, 0.2) is 35.6 Å². The van der Waals surface area contributed by atoms with Crippen LogP contribution in [0.2, 0.25) is 0 Å². The molecule has 0 radical (unpaired) electrons. The van der Waals surface area contributed by atoms with Crippen molar-refractivity contribution in [2.75, 3.05) is 0 Å². The van der Waals surface area contributed by atoms with Gasteiger partial charge in [-0.2, -0.15) is 0 Å². The maximum absolute atomic E-state index is 10.7. The van der Waals surface area contributed by atoms with Gasteiger partial charge in [0.25, 0.3) is 0 Å². The number of aliphatic hydroxyl groups excluding tert-OH is 1. The molecule has 2 N–H and O–H groups in total. The molecular formula is C18H30O3. The Morgan fingerprint density at radius 3 is 1.90 bits per heavy atom. The van der Waals surface area contributed by atoms with E-state index in [-0.39, 0.29) is 17.3 Å².